The van der Waals surface area contributed by atoms with Crippen LogP contribution >= 0.6 is 11.6 Å². The van der Waals surface area contributed by atoms with E-state index in [2.05, 4.69) is 21.7 Å². The maximum atomic E-state index is 13.6. The SMILES string of the molecule is CNC/C=C/C(=O)Cc1cc2c(Nc3ccc(F)c(Cl)c3)c(C#N)cnc2cc1OCCF. The zero-order chi connectivity index (χ0) is 23.8. The summed E-state index contributed by atoms with van der Waals surface area (Å²) in [5, 5.41) is 16.1. The number of nitrogens with one attached hydrogen (secondary N) is 2. The number of alkyl halides is 1. The van der Waals surface area contributed by atoms with Crippen LogP contribution in [0.15, 0.2) is 48.7 Å². The van der Waals surface area contributed by atoms with E-state index in [4.69, 9.17) is 16.3 Å². The van der Waals surface area contributed by atoms with Crippen LogP contribution in [0.1, 0.15) is 11.1 Å². The number of benzene rings is 2. The normalized spacial score (nSPS) is 11.0. The molecule has 0 aliphatic heterocycles. The standard InChI is InChI=1S/C24H21ClF2N4O2/c1-29-7-2-3-18(32)9-15-10-19-22(12-23(15)33-8-6-26)30-14-16(13-28)24(19)31-17-4-5-21(27)20(25)11-17/h2-5,10-12,14,29H,6-9H2,1H3,(H,30,31)/b3-2+. The Kier molecular flexibility index (Phi) is 8.30. The minimum atomic E-state index is -0.688. The predicted molar refractivity (Wildman–Crippen MR) is 124 cm³/mol. The van der Waals surface area contributed by atoms with Crippen molar-refractivity contribution in [3.05, 3.63) is 70.6 Å². The van der Waals surface area contributed by atoms with E-state index in [0.717, 1.165) is 0 Å². The molecule has 33 heavy (non-hydrogen) atoms. The Morgan fingerprint density at radius 1 is 1.33 bits per heavy atom. The third-order valence-electron chi connectivity index (χ3n) is 4.68. The summed E-state index contributed by atoms with van der Waals surface area (Å²) in [6.07, 6.45) is 4.56. The summed E-state index contributed by atoms with van der Waals surface area (Å²) in [7, 11) is 1.77. The molecule has 0 amide bonds. The van der Waals surface area contributed by atoms with Crippen molar-refractivity contribution in [2.45, 2.75) is 6.42 Å². The number of likely N-dealkylation sites (N-methyl/N-ethyl adjacent to an activating group) is 1. The first-order chi connectivity index (χ1) is 16.0. The molecule has 1 aromatic heterocycles. The van der Waals surface area contributed by atoms with Crippen LogP contribution in [0.4, 0.5) is 20.2 Å². The van der Waals surface area contributed by atoms with E-state index < -0.39 is 12.5 Å². The van der Waals surface area contributed by atoms with Gasteiger partial charge in [-0.15, -0.1) is 0 Å². The molecule has 6 nitrogen and oxygen atoms in total. The zero-order valence-electron chi connectivity index (χ0n) is 17.8. The average Bonchev–Trinajstić information content (AvgIpc) is 2.80. The summed E-state index contributed by atoms with van der Waals surface area (Å²) in [5.41, 5.74) is 2.12. The first-order valence-corrected chi connectivity index (χ1v) is 10.4. The van der Waals surface area contributed by atoms with Crippen LogP contribution < -0.4 is 15.4 Å². The van der Waals surface area contributed by atoms with Crippen molar-refractivity contribution in [3.63, 3.8) is 0 Å². The molecule has 9 heteroatoms. The smallest absolute Gasteiger partial charge is 0.159 e. The van der Waals surface area contributed by atoms with Gasteiger partial charge in [0.15, 0.2) is 5.78 Å². The second-order valence-electron chi connectivity index (χ2n) is 7.03. The third kappa shape index (κ3) is 6.04. The molecule has 0 unspecified atom stereocenters. The van der Waals surface area contributed by atoms with Crippen molar-refractivity contribution in [3.8, 4) is 11.8 Å². The lowest BCUT2D eigenvalue weighted by molar-refractivity contribution is -0.114. The summed E-state index contributed by atoms with van der Waals surface area (Å²) < 4.78 is 31.8. The number of halogens is 3. The number of ketones is 1. The monoisotopic (exact) mass is 470 g/mol. The first-order valence-electron chi connectivity index (χ1n) is 10.1. The summed E-state index contributed by atoms with van der Waals surface area (Å²) >= 11 is 5.89. The fourth-order valence-corrected chi connectivity index (χ4v) is 3.36. The van der Waals surface area contributed by atoms with Gasteiger partial charge in [-0.05, 0) is 37.4 Å². The van der Waals surface area contributed by atoms with Crippen molar-refractivity contribution in [2.75, 3.05) is 32.2 Å². The Hall–Kier alpha value is -3.54. The van der Waals surface area contributed by atoms with Crippen LogP contribution in [0.3, 0.4) is 0 Å². The number of rotatable bonds is 10. The topological polar surface area (TPSA) is 87.0 Å². The minimum absolute atomic E-state index is 0.0103. The summed E-state index contributed by atoms with van der Waals surface area (Å²) in [6.45, 7) is -0.317. The zero-order valence-corrected chi connectivity index (χ0v) is 18.5. The first kappa shape index (κ1) is 24.1. The highest BCUT2D eigenvalue weighted by atomic mass is 35.5. The van der Waals surface area contributed by atoms with Crippen LogP contribution in [-0.4, -0.2) is 37.6 Å². The molecule has 0 radical (unpaired) electrons. The number of allylic oxidation sites excluding steroid dienone is 1. The molecule has 2 N–H and O–H groups in total. The number of carbonyl (C=O) groups is 1. The van der Waals surface area contributed by atoms with Gasteiger partial charge in [0.05, 0.1) is 21.8 Å². The van der Waals surface area contributed by atoms with Gasteiger partial charge in [0, 0.05) is 41.9 Å². The average molecular weight is 471 g/mol. The molecule has 3 aromatic rings. The van der Waals surface area contributed by atoms with E-state index >= 15 is 0 Å². The van der Waals surface area contributed by atoms with E-state index in [0.29, 0.717) is 40.1 Å². The molecule has 3 rings (SSSR count). The second kappa shape index (κ2) is 11.4. The maximum absolute atomic E-state index is 13.6. The molecule has 0 saturated heterocycles. The second-order valence-corrected chi connectivity index (χ2v) is 7.44. The largest absolute Gasteiger partial charge is 0.490 e. The van der Waals surface area contributed by atoms with Gasteiger partial charge in [0.1, 0.15) is 30.9 Å². The molecule has 0 bridgehead atoms. The number of hydrogen-bond donors (Lipinski definition) is 2. The van der Waals surface area contributed by atoms with Crippen LogP contribution in [0.2, 0.25) is 5.02 Å². The molecule has 0 aliphatic rings. The van der Waals surface area contributed by atoms with Gasteiger partial charge in [-0.1, -0.05) is 17.7 Å². The van der Waals surface area contributed by atoms with Gasteiger partial charge in [-0.25, -0.2) is 8.78 Å². The van der Waals surface area contributed by atoms with Gasteiger partial charge in [-0.3, -0.25) is 9.78 Å². The van der Waals surface area contributed by atoms with Gasteiger partial charge in [-0.2, -0.15) is 5.26 Å². The molecule has 170 valence electrons. The number of nitrogens with zero attached hydrogens (tertiary/aromatic N) is 2. The lowest BCUT2D eigenvalue weighted by Crippen LogP contribution is -2.08. The van der Waals surface area contributed by atoms with E-state index in [1.165, 1.54) is 30.5 Å². The Labute approximate surface area is 194 Å². The van der Waals surface area contributed by atoms with Crippen LogP contribution in [-0.2, 0) is 11.2 Å². The highest BCUT2D eigenvalue weighted by Gasteiger charge is 2.16. The van der Waals surface area contributed by atoms with Crippen LogP contribution in [0.25, 0.3) is 10.9 Å². The van der Waals surface area contributed by atoms with E-state index in [1.807, 2.05) is 0 Å². The predicted octanol–water partition coefficient (Wildman–Crippen LogP) is 4.88. The summed E-state index contributed by atoms with van der Waals surface area (Å²) in [6, 6.07) is 9.48. The fourth-order valence-electron chi connectivity index (χ4n) is 3.18. The number of carbonyl (C=O) groups excluding carboxylic acids is 1. The number of pyridine rings is 1. The highest BCUT2D eigenvalue weighted by Crippen LogP contribution is 2.34. The van der Waals surface area contributed by atoms with Gasteiger partial charge in [0.2, 0.25) is 0 Å². The van der Waals surface area contributed by atoms with Crippen molar-refractivity contribution >= 4 is 39.7 Å². The van der Waals surface area contributed by atoms with E-state index in [1.54, 1.807) is 25.3 Å². The summed E-state index contributed by atoms with van der Waals surface area (Å²) in [4.78, 5) is 16.7. The molecule has 0 fully saturated rings. The number of ether oxygens (including phenoxy) is 1. The Bertz CT molecular complexity index is 1240. The van der Waals surface area contributed by atoms with Crippen molar-refractivity contribution in [2.24, 2.45) is 0 Å². The lowest BCUT2D eigenvalue weighted by atomic mass is 10.0. The van der Waals surface area contributed by atoms with Gasteiger partial charge < -0.3 is 15.4 Å². The van der Waals surface area contributed by atoms with Crippen molar-refractivity contribution in [1.82, 2.24) is 10.3 Å². The molecule has 2 aromatic carbocycles. The number of fused-ring (bicyclic) bond motifs is 1. The fraction of sp³-hybridized carbons (Fsp3) is 0.208. The lowest BCUT2D eigenvalue weighted by Gasteiger charge is -2.15. The molecular weight excluding hydrogens is 450 g/mol. The van der Waals surface area contributed by atoms with Crippen LogP contribution in [0, 0.1) is 17.1 Å². The molecule has 0 atom stereocenters. The van der Waals surface area contributed by atoms with E-state index in [-0.39, 0.29) is 29.4 Å². The van der Waals surface area contributed by atoms with E-state index in [9.17, 15) is 18.8 Å². The van der Waals surface area contributed by atoms with Crippen molar-refractivity contribution in [1.29, 1.82) is 5.26 Å². The third-order valence-corrected chi connectivity index (χ3v) is 4.97. The Morgan fingerprint density at radius 2 is 2.15 bits per heavy atom. The number of hydrogen-bond acceptors (Lipinski definition) is 6. The van der Waals surface area contributed by atoms with Gasteiger partial charge >= 0.3 is 0 Å². The minimum Gasteiger partial charge on any atom is -0.490 e. The van der Waals surface area contributed by atoms with Crippen LogP contribution in [0.5, 0.6) is 5.75 Å². The number of anilines is 2. The number of aromatic nitrogens is 1. The molecule has 0 aliphatic carbocycles. The molecule has 0 saturated carbocycles. The Balaban J connectivity index is 2.10. The summed E-state index contributed by atoms with van der Waals surface area (Å²) in [5.74, 6) is -0.397. The van der Waals surface area contributed by atoms with Gasteiger partial charge in [0.25, 0.3) is 0 Å². The van der Waals surface area contributed by atoms with Crippen molar-refractivity contribution < 1.29 is 18.3 Å². The Morgan fingerprint density at radius 3 is 2.85 bits per heavy atom. The molecular formula is C24H21ClF2N4O2. The molecule has 0 spiro atoms. The maximum Gasteiger partial charge on any atom is 0.159 e. The number of nitriles is 1. The highest BCUT2D eigenvalue weighted by molar-refractivity contribution is 6.31. The molecule has 1 heterocycles. The quantitative estimate of drug-likeness (QED) is 0.411.